The van der Waals surface area contributed by atoms with Crippen molar-refractivity contribution in [3.05, 3.63) is 113 Å². The van der Waals surface area contributed by atoms with E-state index in [0.29, 0.717) is 27.9 Å². The Kier molecular flexibility index (Phi) is 9.30. The van der Waals surface area contributed by atoms with Gasteiger partial charge in [-0.25, -0.2) is 0 Å². The fourth-order valence-corrected chi connectivity index (χ4v) is 4.82. The first kappa shape index (κ1) is 27.1. The number of anilines is 2. The summed E-state index contributed by atoms with van der Waals surface area (Å²) in [7, 11) is 1.54. The van der Waals surface area contributed by atoms with Crippen molar-refractivity contribution >= 4 is 46.6 Å². The van der Waals surface area contributed by atoms with Gasteiger partial charge in [-0.3, -0.25) is 9.59 Å². The molecule has 0 spiro atoms. The third kappa shape index (κ3) is 7.31. The Morgan fingerprint density at radius 2 is 1.55 bits per heavy atom. The minimum atomic E-state index is -0.531. The summed E-state index contributed by atoms with van der Waals surface area (Å²) in [4.78, 5) is 26.6. The molecule has 0 aliphatic carbocycles. The Labute approximate surface area is 231 Å². The summed E-state index contributed by atoms with van der Waals surface area (Å²) in [5.74, 6) is 0.660. The van der Waals surface area contributed by atoms with Crippen LogP contribution in [-0.2, 0) is 9.59 Å². The topological polar surface area (TPSA) is 76.7 Å². The number of nitrogens with one attached hydrogen (secondary N) is 2. The molecule has 0 aromatic heterocycles. The number of amides is 2. The van der Waals surface area contributed by atoms with Crippen molar-refractivity contribution < 1.29 is 19.1 Å². The Balaban J connectivity index is 1.45. The number of carbonyl (C=O) groups excluding carboxylic acids is 2. The van der Waals surface area contributed by atoms with Gasteiger partial charge < -0.3 is 20.1 Å². The normalized spacial score (nSPS) is 11.3. The lowest BCUT2D eigenvalue weighted by Crippen LogP contribution is -2.20. The lowest BCUT2D eigenvalue weighted by molar-refractivity contribution is -0.118. The molecule has 8 heteroatoms. The highest BCUT2D eigenvalue weighted by Crippen LogP contribution is 2.38. The molecule has 4 aromatic carbocycles. The van der Waals surface area contributed by atoms with Crippen LogP contribution >= 0.6 is 23.4 Å². The smallest absolute Gasteiger partial charge is 0.262 e. The largest absolute Gasteiger partial charge is 0.495 e. The molecule has 194 valence electrons. The van der Waals surface area contributed by atoms with Crippen molar-refractivity contribution in [3.8, 4) is 11.5 Å². The van der Waals surface area contributed by atoms with Crippen molar-refractivity contribution in [1.82, 2.24) is 0 Å². The lowest BCUT2D eigenvalue weighted by atomic mass is 10.1. The van der Waals surface area contributed by atoms with Gasteiger partial charge in [0.15, 0.2) is 6.61 Å². The number of thioether (sulfide) groups is 1. The Bertz CT molecular complexity index is 1380. The molecule has 2 amide bonds. The zero-order chi connectivity index (χ0) is 26.9. The molecular weight excluding hydrogens is 520 g/mol. The molecule has 4 aromatic rings. The summed E-state index contributed by atoms with van der Waals surface area (Å²) in [5, 5.41) is 5.86. The number of halogens is 1. The predicted octanol–water partition coefficient (Wildman–Crippen LogP) is 7.15. The Hall–Kier alpha value is -3.94. The Morgan fingerprint density at radius 3 is 2.21 bits per heavy atom. The van der Waals surface area contributed by atoms with E-state index >= 15 is 0 Å². The quantitative estimate of drug-likeness (QED) is 0.207. The number of aryl methyl sites for hydroxylation is 1. The number of methoxy groups -OCH3 is 1. The van der Waals surface area contributed by atoms with Crippen LogP contribution in [0.15, 0.2) is 102 Å². The maximum atomic E-state index is 13.5. The molecule has 4 rings (SSSR count). The summed E-state index contributed by atoms with van der Waals surface area (Å²) in [6.07, 6.45) is 0. The molecule has 1 atom stereocenters. The number of rotatable bonds is 10. The van der Waals surface area contributed by atoms with Crippen LogP contribution in [0.5, 0.6) is 11.5 Å². The molecule has 1 unspecified atom stereocenters. The Morgan fingerprint density at radius 1 is 0.895 bits per heavy atom. The van der Waals surface area contributed by atoms with Crippen LogP contribution < -0.4 is 20.1 Å². The van der Waals surface area contributed by atoms with Gasteiger partial charge in [-0.05, 0) is 60.5 Å². The van der Waals surface area contributed by atoms with Gasteiger partial charge in [0.25, 0.3) is 5.91 Å². The van der Waals surface area contributed by atoms with E-state index < -0.39 is 5.25 Å². The standard InChI is InChI=1S/C30H27ClN2O4S/c1-20-17-26(27(36-2)18-25(20)31)33-30(35)29(21-9-5-3-6-10-21)38-24-15-13-22(14-16-24)32-28(34)19-37-23-11-7-4-8-12-23/h3-18,29H,19H2,1-2H3,(H,32,34)(H,33,35). The van der Waals surface area contributed by atoms with E-state index in [1.807, 2.05) is 67.6 Å². The third-order valence-corrected chi connectivity index (χ3v) is 7.26. The van der Waals surface area contributed by atoms with Crippen LogP contribution in [0.2, 0.25) is 5.02 Å². The van der Waals surface area contributed by atoms with Gasteiger partial charge in [0.05, 0.1) is 12.8 Å². The van der Waals surface area contributed by atoms with Crippen molar-refractivity contribution in [2.24, 2.45) is 0 Å². The number of para-hydroxylation sites is 1. The van der Waals surface area contributed by atoms with E-state index in [-0.39, 0.29) is 18.4 Å². The van der Waals surface area contributed by atoms with Crippen LogP contribution in [0, 0.1) is 6.92 Å². The molecule has 0 radical (unpaired) electrons. The van der Waals surface area contributed by atoms with E-state index in [2.05, 4.69) is 10.6 Å². The maximum absolute atomic E-state index is 13.5. The molecule has 2 N–H and O–H groups in total. The second-order valence-electron chi connectivity index (χ2n) is 8.37. The number of hydrogen-bond donors (Lipinski definition) is 2. The molecular formula is C30H27ClN2O4S. The van der Waals surface area contributed by atoms with Crippen LogP contribution in [0.25, 0.3) is 0 Å². The van der Waals surface area contributed by atoms with Crippen LogP contribution in [-0.4, -0.2) is 25.5 Å². The number of hydrogen-bond acceptors (Lipinski definition) is 5. The third-order valence-electron chi connectivity index (χ3n) is 5.58. The molecule has 6 nitrogen and oxygen atoms in total. The number of ether oxygens (including phenoxy) is 2. The average Bonchev–Trinajstić information content (AvgIpc) is 2.94. The first-order valence-corrected chi connectivity index (χ1v) is 13.1. The number of benzene rings is 4. The van der Waals surface area contributed by atoms with Gasteiger partial charge in [0.2, 0.25) is 5.91 Å². The summed E-state index contributed by atoms with van der Waals surface area (Å²) >= 11 is 7.64. The predicted molar refractivity (Wildman–Crippen MR) is 153 cm³/mol. The zero-order valence-electron chi connectivity index (χ0n) is 20.9. The van der Waals surface area contributed by atoms with Crippen LogP contribution in [0.4, 0.5) is 11.4 Å². The van der Waals surface area contributed by atoms with Crippen molar-refractivity contribution in [1.29, 1.82) is 0 Å². The van der Waals surface area contributed by atoms with Gasteiger partial charge >= 0.3 is 0 Å². The monoisotopic (exact) mass is 546 g/mol. The molecule has 0 bridgehead atoms. The van der Waals surface area contributed by atoms with Gasteiger partial charge in [-0.1, -0.05) is 60.1 Å². The zero-order valence-corrected chi connectivity index (χ0v) is 22.5. The average molecular weight is 547 g/mol. The molecule has 0 heterocycles. The highest BCUT2D eigenvalue weighted by atomic mass is 35.5. The van der Waals surface area contributed by atoms with Crippen molar-refractivity contribution in [2.75, 3.05) is 24.4 Å². The van der Waals surface area contributed by atoms with E-state index in [9.17, 15) is 9.59 Å². The van der Waals surface area contributed by atoms with E-state index in [1.54, 1.807) is 36.4 Å². The second-order valence-corrected chi connectivity index (χ2v) is 9.96. The van der Waals surface area contributed by atoms with E-state index in [4.69, 9.17) is 21.1 Å². The van der Waals surface area contributed by atoms with Gasteiger partial charge in [0.1, 0.15) is 16.7 Å². The summed E-state index contributed by atoms with van der Waals surface area (Å²) in [5.41, 5.74) is 2.88. The highest BCUT2D eigenvalue weighted by Gasteiger charge is 2.23. The van der Waals surface area contributed by atoms with Gasteiger partial charge in [-0.15, -0.1) is 11.8 Å². The minimum Gasteiger partial charge on any atom is -0.495 e. The molecule has 0 fully saturated rings. The first-order chi connectivity index (χ1) is 18.4. The van der Waals surface area contributed by atoms with E-state index in [0.717, 1.165) is 16.0 Å². The van der Waals surface area contributed by atoms with Crippen molar-refractivity contribution in [3.63, 3.8) is 0 Å². The van der Waals surface area contributed by atoms with Gasteiger partial charge in [0, 0.05) is 21.7 Å². The lowest BCUT2D eigenvalue weighted by Gasteiger charge is -2.19. The van der Waals surface area contributed by atoms with Crippen LogP contribution in [0.3, 0.4) is 0 Å². The fraction of sp³-hybridized carbons (Fsp3) is 0.133. The first-order valence-electron chi connectivity index (χ1n) is 11.9. The van der Waals surface area contributed by atoms with Crippen LogP contribution in [0.1, 0.15) is 16.4 Å². The SMILES string of the molecule is COc1cc(Cl)c(C)cc1NC(=O)C(Sc1ccc(NC(=O)COc2ccccc2)cc1)c1ccccc1. The molecule has 0 saturated heterocycles. The second kappa shape index (κ2) is 13.0. The summed E-state index contributed by atoms with van der Waals surface area (Å²) in [6, 6.07) is 29.5. The van der Waals surface area contributed by atoms with Gasteiger partial charge in [-0.2, -0.15) is 0 Å². The van der Waals surface area contributed by atoms with E-state index in [1.165, 1.54) is 18.9 Å². The highest BCUT2D eigenvalue weighted by molar-refractivity contribution is 8.00. The molecule has 0 aliphatic rings. The summed E-state index contributed by atoms with van der Waals surface area (Å²) in [6.45, 7) is 1.78. The molecule has 0 saturated carbocycles. The number of carbonyl (C=O) groups is 2. The fourth-order valence-electron chi connectivity index (χ4n) is 3.64. The van der Waals surface area contributed by atoms with Crippen molar-refractivity contribution in [2.45, 2.75) is 17.1 Å². The maximum Gasteiger partial charge on any atom is 0.262 e. The summed E-state index contributed by atoms with van der Waals surface area (Å²) < 4.78 is 10.9. The minimum absolute atomic E-state index is 0.0929. The molecule has 0 aliphatic heterocycles. The molecule has 38 heavy (non-hydrogen) atoms.